The summed E-state index contributed by atoms with van der Waals surface area (Å²) in [5.74, 6) is 0.738. The van der Waals surface area contributed by atoms with Gasteiger partial charge in [-0.3, -0.25) is 4.98 Å². The quantitative estimate of drug-likeness (QED) is 0.546. The van der Waals surface area contributed by atoms with Crippen LogP contribution in [-0.2, 0) is 7.05 Å². The van der Waals surface area contributed by atoms with Gasteiger partial charge in [0.05, 0.1) is 0 Å². The normalized spacial score (nSPS) is 9.56. The molecule has 0 fully saturated rings. The predicted molar refractivity (Wildman–Crippen MR) is 35.6 cm³/mol. The van der Waals surface area contributed by atoms with E-state index in [1.54, 1.807) is 20.3 Å². The first-order valence-corrected chi connectivity index (χ1v) is 2.67. The van der Waals surface area contributed by atoms with Gasteiger partial charge in [0.15, 0.2) is 0 Å². The zero-order chi connectivity index (χ0) is 6.85. The van der Waals surface area contributed by atoms with Crippen LogP contribution in [-0.4, -0.2) is 16.6 Å². The highest BCUT2D eigenvalue weighted by Crippen LogP contribution is 1.92. The lowest BCUT2D eigenvalue weighted by Crippen LogP contribution is -2.11. The van der Waals surface area contributed by atoms with E-state index in [9.17, 15) is 4.79 Å². The van der Waals surface area contributed by atoms with E-state index in [0.717, 1.165) is 5.82 Å². The van der Waals surface area contributed by atoms with Gasteiger partial charge in [-0.1, -0.05) is 0 Å². The first-order valence-electron chi connectivity index (χ1n) is 2.67. The average molecular weight is 127 g/mol. The number of hydrogen-bond donors (Lipinski definition) is 2. The van der Waals surface area contributed by atoms with Gasteiger partial charge in [0.1, 0.15) is 5.82 Å². The Labute approximate surface area is 52.5 Å². The lowest BCUT2D eigenvalue weighted by molar-refractivity contribution is 0.862. The standard InChI is InChI=1S/C5H9N3O/c1-6-4-3-8(2)5(9)7-4/h3,6H,1-2H3,(H,7,9). The molecule has 1 rings (SSSR count). The number of nitrogens with one attached hydrogen (secondary N) is 2. The molecule has 0 aliphatic carbocycles. The molecule has 1 aromatic rings. The number of aromatic amines is 1. The minimum atomic E-state index is -0.0978. The minimum absolute atomic E-state index is 0.0978. The van der Waals surface area contributed by atoms with Crippen LogP contribution < -0.4 is 11.0 Å². The molecule has 0 aliphatic heterocycles. The number of nitrogens with zero attached hydrogens (tertiary/aromatic N) is 1. The molecule has 0 saturated heterocycles. The molecule has 0 atom stereocenters. The number of aryl methyl sites for hydroxylation is 1. The Balaban J connectivity index is 3.13. The van der Waals surface area contributed by atoms with Crippen molar-refractivity contribution in [2.45, 2.75) is 0 Å². The van der Waals surface area contributed by atoms with E-state index < -0.39 is 0 Å². The number of anilines is 1. The molecule has 4 heteroatoms. The molecule has 0 amide bonds. The first-order chi connectivity index (χ1) is 4.24. The zero-order valence-electron chi connectivity index (χ0n) is 5.43. The van der Waals surface area contributed by atoms with Crippen LogP contribution in [0, 0.1) is 0 Å². The molecule has 4 nitrogen and oxygen atoms in total. The molecule has 9 heavy (non-hydrogen) atoms. The monoisotopic (exact) mass is 127 g/mol. The van der Waals surface area contributed by atoms with Gasteiger partial charge in [-0.2, -0.15) is 0 Å². The number of aromatic nitrogens is 2. The fraction of sp³-hybridized carbons (Fsp3) is 0.400. The first kappa shape index (κ1) is 5.94. The Kier molecular flexibility index (Phi) is 1.30. The third-order valence-corrected chi connectivity index (χ3v) is 1.15. The second-order valence-corrected chi connectivity index (χ2v) is 1.83. The predicted octanol–water partition coefficient (Wildman–Crippen LogP) is -0.245. The molecular formula is C5H9N3O. The van der Waals surface area contributed by atoms with Crippen LogP contribution in [0.4, 0.5) is 5.82 Å². The Morgan fingerprint density at radius 3 is 2.67 bits per heavy atom. The molecule has 0 radical (unpaired) electrons. The Morgan fingerprint density at radius 1 is 1.78 bits per heavy atom. The van der Waals surface area contributed by atoms with Crippen molar-refractivity contribution in [3.8, 4) is 0 Å². The number of hydrogen-bond acceptors (Lipinski definition) is 2. The Morgan fingerprint density at radius 2 is 2.44 bits per heavy atom. The number of H-pyrrole nitrogens is 1. The maximum Gasteiger partial charge on any atom is 0.326 e. The highest BCUT2D eigenvalue weighted by atomic mass is 16.1. The molecule has 0 spiro atoms. The summed E-state index contributed by atoms with van der Waals surface area (Å²) in [4.78, 5) is 13.3. The molecule has 0 saturated carbocycles. The third-order valence-electron chi connectivity index (χ3n) is 1.15. The topological polar surface area (TPSA) is 49.8 Å². The molecule has 0 aliphatic rings. The van der Waals surface area contributed by atoms with Gasteiger partial charge in [-0.05, 0) is 0 Å². The van der Waals surface area contributed by atoms with E-state index in [1.807, 2.05) is 0 Å². The summed E-state index contributed by atoms with van der Waals surface area (Å²) in [6.45, 7) is 0. The highest BCUT2D eigenvalue weighted by Gasteiger charge is 1.92. The summed E-state index contributed by atoms with van der Waals surface area (Å²) in [5.41, 5.74) is -0.0978. The summed E-state index contributed by atoms with van der Waals surface area (Å²) >= 11 is 0. The highest BCUT2D eigenvalue weighted by molar-refractivity contribution is 5.29. The molecule has 0 bridgehead atoms. The van der Waals surface area contributed by atoms with Crippen LogP contribution in [0.15, 0.2) is 11.0 Å². The summed E-state index contributed by atoms with van der Waals surface area (Å²) in [5, 5.41) is 2.81. The summed E-state index contributed by atoms with van der Waals surface area (Å²) in [6, 6.07) is 0. The van der Waals surface area contributed by atoms with Crippen molar-refractivity contribution >= 4 is 5.82 Å². The van der Waals surface area contributed by atoms with Gasteiger partial charge in [0.2, 0.25) is 0 Å². The van der Waals surface area contributed by atoms with Crippen LogP contribution in [0.1, 0.15) is 0 Å². The van der Waals surface area contributed by atoms with Crippen LogP contribution in [0.3, 0.4) is 0 Å². The van der Waals surface area contributed by atoms with Gasteiger partial charge < -0.3 is 9.88 Å². The van der Waals surface area contributed by atoms with Crippen molar-refractivity contribution in [3.05, 3.63) is 16.7 Å². The minimum Gasteiger partial charge on any atom is -0.373 e. The molecule has 1 heterocycles. The van der Waals surface area contributed by atoms with Crippen molar-refractivity contribution in [1.82, 2.24) is 9.55 Å². The smallest absolute Gasteiger partial charge is 0.326 e. The lowest BCUT2D eigenvalue weighted by atomic mass is 10.7. The van der Waals surface area contributed by atoms with Crippen molar-refractivity contribution in [2.24, 2.45) is 7.05 Å². The molecule has 0 aromatic carbocycles. The fourth-order valence-corrected chi connectivity index (χ4v) is 0.615. The van der Waals surface area contributed by atoms with E-state index in [4.69, 9.17) is 0 Å². The summed E-state index contributed by atoms with van der Waals surface area (Å²) in [7, 11) is 3.45. The van der Waals surface area contributed by atoms with E-state index >= 15 is 0 Å². The van der Waals surface area contributed by atoms with E-state index in [0.29, 0.717) is 0 Å². The molecular weight excluding hydrogens is 118 g/mol. The zero-order valence-corrected chi connectivity index (χ0v) is 5.43. The van der Waals surface area contributed by atoms with Crippen molar-refractivity contribution in [2.75, 3.05) is 12.4 Å². The third kappa shape index (κ3) is 0.960. The average Bonchev–Trinajstić information content (AvgIpc) is 2.13. The van der Waals surface area contributed by atoms with Crippen LogP contribution >= 0.6 is 0 Å². The van der Waals surface area contributed by atoms with Crippen molar-refractivity contribution < 1.29 is 0 Å². The summed E-state index contributed by atoms with van der Waals surface area (Å²) in [6.07, 6.45) is 1.70. The van der Waals surface area contributed by atoms with Gasteiger partial charge in [0.25, 0.3) is 0 Å². The van der Waals surface area contributed by atoms with Gasteiger partial charge >= 0.3 is 5.69 Å². The van der Waals surface area contributed by atoms with E-state index in [1.165, 1.54) is 4.57 Å². The fourth-order valence-electron chi connectivity index (χ4n) is 0.615. The lowest BCUT2D eigenvalue weighted by Gasteiger charge is -1.87. The maximum atomic E-state index is 10.7. The second kappa shape index (κ2) is 1.97. The maximum absolute atomic E-state index is 10.7. The van der Waals surface area contributed by atoms with E-state index in [-0.39, 0.29) is 5.69 Å². The second-order valence-electron chi connectivity index (χ2n) is 1.83. The Bertz CT molecular complexity index is 247. The molecule has 1 aromatic heterocycles. The van der Waals surface area contributed by atoms with E-state index in [2.05, 4.69) is 10.3 Å². The number of rotatable bonds is 1. The van der Waals surface area contributed by atoms with Crippen molar-refractivity contribution in [3.63, 3.8) is 0 Å². The van der Waals surface area contributed by atoms with Crippen LogP contribution in [0.2, 0.25) is 0 Å². The Hall–Kier alpha value is -1.19. The molecule has 2 N–H and O–H groups in total. The summed E-state index contributed by atoms with van der Waals surface area (Å²) < 4.78 is 1.48. The van der Waals surface area contributed by atoms with Crippen LogP contribution in [0.25, 0.3) is 0 Å². The van der Waals surface area contributed by atoms with Gasteiger partial charge in [-0.15, -0.1) is 0 Å². The SMILES string of the molecule is CNc1cn(C)c(=O)[nH]1. The largest absolute Gasteiger partial charge is 0.373 e. The number of imidazole rings is 1. The van der Waals surface area contributed by atoms with Crippen LogP contribution in [0.5, 0.6) is 0 Å². The molecule has 50 valence electrons. The molecule has 0 unspecified atom stereocenters. The van der Waals surface area contributed by atoms with Gasteiger partial charge in [0, 0.05) is 20.3 Å². The van der Waals surface area contributed by atoms with Gasteiger partial charge in [-0.25, -0.2) is 4.79 Å². The van der Waals surface area contributed by atoms with Crippen molar-refractivity contribution in [1.29, 1.82) is 0 Å².